The number of ether oxygens (including phenoxy) is 3. The summed E-state index contributed by atoms with van der Waals surface area (Å²) in [6.45, 7) is 2.59. The van der Waals surface area contributed by atoms with Gasteiger partial charge in [0.1, 0.15) is 17.1 Å². The summed E-state index contributed by atoms with van der Waals surface area (Å²) >= 11 is 6.99. The Morgan fingerprint density at radius 3 is 2.58 bits per heavy atom. The van der Waals surface area contributed by atoms with E-state index < -0.39 is 23.7 Å². The number of fused-ring (bicyclic) bond motifs is 1. The number of nitrogens with zero attached hydrogens (tertiary/aromatic N) is 2. The molecule has 3 aliphatic rings. The summed E-state index contributed by atoms with van der Waals surface area (Å²) in [5, 5.41) is 16.4. The minimum Gasteiger partial charge on any atom is -0.496 e. The van der Waals surface area contributed by atoms with Gasteiger partial charge in [-0.3, -0.25) is 9.59 Å². The van der Waals surface area contributed by atoms with Gasteiger partial charge in [0.05, 0.1) is 37.5 Å². The number of likely N-dealkylation sites (N-methyl/N-ethyl adjacent to an activating group) is 2. The minimum absolute atomic E-state index is 0.00278. The fourth-order valence-corrected chi connectivity index (χ4v) is 6.11. The molecule has 2 fully saturated rings. The summed E-state index contributed by atoms with van der Waals surface area (Å²) in [5.41, 5.74) is 4.16. The second kappa shape index (κ2) is 12.4. The fourth-order valence-electron chi connectivity index (χ4n) is 5.78. The van der Waals surface area contributed by atoms with Crippen LogP contribution in [0.2, 0.25) is 5.02 Å². The van der Waals surface area contributed by atoms with E-state index >= 15 is 4.39 Å². The van der Waals surface area contributed by atoms with Crippen molar-refractivity contribution in [3.63, 3.8) is 0 Å². The topological polar surface area (TPSA) is 116 Å². The quantitative estimate of drug-likeness (QED) is 0.252. The second-order valence-corrected chi connectivity index (χ2v) is 11.7. The molecule has 3 aliphatic heterocycles. The Kier molecular flexibility index (Phi) is 8.55. The molecule has 236 valence electrons. The van der Waals surface area contributed by atoms with Crippen molar-refractivity contribution in [2.24, 2.45) is 0 Å². The standard InChI is InChI=1S/C33H34ClFN4O6/c1-17-19(7-6-10-25(17)37-30(41)23-14-38(2)32-33(45-32)39(3)31(23)42)21-9-5-8-20(29(21)34)18-11-24(35)22(28(12-18)43-4)13-36-26-15-44-16-27(26)40/h5-12,14,26-27,32-33,36,40H,13,15-16H2,1-4H3,(H,37,41)/t26-,27+,32?,33?/m0/s1. The Bertz CT molecular complexity index is 1700. The van der Waals surface area contributed by atoms with Crippen LogP contribution in [0.1, 0.15) is 11.1 Å². The molecule has 3 aromatic carbocycles. The van der Waals surface area contributed by atoms with E-state index in [9.17, 15) is 14.7 Å². The molecule has 0 aliphatic carbocycles. The lowest BCUT2D eigenvalue weighted by molar-refractivity contribution is -0.129. The van der Waals surface area contributed by atoms with Crippen molar-refractivity contribution in [1.29, 1.82) is 0 Å². The highest BCUT2D eigenvalue weighted by Crippen LogP contribution is 2.41. The van der Waals surface area contributed by atoms with Crippen molar-refractivity contribution in [1.82, 2.24) is 15.1 Å². The first-order valence-corrected chi connectivity index (χ1v) is 14.9. The first kappa shape index (κ1) is 31.0. The number of nitrogens with one attached hydrogen (secondary N) is 2. The first-order chi connectivity index (χ1) is 21.6. The molecular formula is C33H34ClFN4O6. The summed E-state index contributed by atoms with van der Waals surface area (Å²) in [6, 6.07) is 13.8. The third kappa shape index (κ3) is 5.89. The molecule has 3 heterocycles. The van der Waals surface area contributed by atoms with Crippen LogP contribution in [-0.4, -0.2) is 85.7 Å². The van der Waals surface area contributed by atoms with E-state index in [0.717, 1.165) is 11.1 Å². The molecule has 0 aromatic heterocycles. The number of methoxy groups -OCH3 is 1. The van der Waals surface area contributed by atoms with Crippen molar-refractivity contribution in [3.8, 4) is 28.0 Å². The lowest BCUT2D eigenvalue weighted by Crippen LogP contribution is -2.38. The first-order valence-electron chi connectivity index (χ1n) is 14.5. The lowest BCUT2D eigenvalue weighted by atomic mass is 9.94. The monoisotopic (exact) mass is 636 g/mol. The third-order valence-corrected chi connectivity index (χ3v) is 8.91. The maximum absolute atomic E-state index is 15.5. The molecule has 3 N–H and O–H groups in total. The van der Waals surface area contributed by atoms with Gasteiger partial charge in [0, 0.05) is 49.2 Å². The molecule has 0 spiro atoms. The van der Waals surface area contributed by atoms with Gasteiger partial charge < -0.3 is 39.8 Å². The Morgan fingerprint density at radius 2 is 1.84 bits per heavy atom. The highest BCUT2D eigenvalue weighted by atomic mass is 35.5. The summed E-state index contributed by atoms with van der Waals surface area (Å²) in [7, 11) is 4.84. The number of epoxide rings is 1. The number of halogens is 2. The number of hydrogen-bond acceptors (Lipinski definition) is 8. The van der Waals surface area contributed by atoms with Gasteiger partial charge in [0.15, 0.2) is 12.5 Å². The molecular weight excluding hydrogens is 603 g/mol. The number of amides is 2. The van der Waals surface area contributed by atoms with Gasteiger partial charge >= 0.3 is 0 Å². The average molecular weight is 637 g/mol. The van der Waals surface area contributed by atoms with Gasteiger partial charge in [0.25, 0.3) is 11.8 Å². The number of hydrogen-bond donors (Lipinski definition) is 3. The summed E-state index contributed by atoms with van der Waals surface area (Å²) in [6.07, 6.45) is 0.194. The molecule has 10 nitrogen and oxygen atoms in total. The van der Waals surface area contributed by atoms with Crippen molar-refractivity contribution in [3.05, 3.63) is 82.3 Å². The van der Waals surface area contributed by atoms with E-state index in [4.69, 9.17) is 25.8 Å². The average Bonchev–Trinajstić information content (AvgIpc) is 3.74. The predicted molar refractivity (Wildman–Crippen MR) is 167 cm³/mol. The number of aliphatic hydroxyl groups is 1. The molecule has 4 atom stereocenters. The van der Waals surface area contributed by atoms with E-state index in [1.165, 1.54) is 24.3 Å². The SMILES string of the molecule is COc1cc(-c2cccc(-c3cccc(NC(=O)C4=CN(C)C5OC5N(C)C4=O)c3C)c2Cl)cc(F)c1CN[C@H]1COC[C@H]1O. The van der Waals surface area contributed by atoms with Crippen LogP contribution in [0.3, 0.4) is 0 Å². The van der Waals surface area contributed by atoms with E-state index in [1.807, 2.05) is 25.1 Å². The van der Waals surface area contributed by atoms with Crippen LogP contribution >= 0.6 is 11.6 Å². The van der Waals surface area contributed by atoms with Crippen LogP contribution in [0.5, 0.6) is 5.75 Å². The van der Waals surface area contributed by atoms with E-state index in [0.29, 0.717) is 45.3 Å². The maximum atomic E-state index is 15.5. The van der Waals surface area contributed by atoms with Crippen LogP contribution in [-0.2, 0) is 25.6 Å². The zero-order valence-corrected chi connectivity index (χ0v) is 26.0. The normalized spacial score (nSPS) is 22.6. The molecule has 3 aromatic rings. The molecule has 0 bridgehead atoms. The predicted octanol–water partition coefficient (Wildman–Crippen LogP) is 3.89. The van der Waals surface area contributed by atoms with E-state index in [-0.39, 0.29) is 37.2 Å². The lowest BCUT2D eigenvalue weighted by Gasteiger charge is -2.19. The summed E-state index contributed by atoms with van der Waals surface area (Å²) in [4.78, 5) is 29.4. The Balaban J connectivity index is 1.27. The summed E-state index contributed by atoms with van der Waals surface area (Å²) in [5.74, 6) is -1.10. The van der Waals surface area contributed by atoms with Crippen molar-refractivity contribution >= 4 is 29.1 Å². The molecule has 45 heavy (non-hydrogen) atoms. The van der Waals surface area contributed by atoms with Gasteiger partial charge in [-0.15, -0.1) is 0 Å². The highest BCUT2D eigenvalue weighted by Gasteiger charge is 2.50. The molecule has 12 heteroatoms. The zero-order chi connectivity index (χ0) is 32.0. The van der Waals surface area contributed by atoms with Gasteiger partial charge in [0.2, 0.25) is 0 Å². The molecule has 2 unspecified atom stereocenters. The van der Waals surface area contributed by atoms with E-state index in [1.54, 1.807) is 43.3 Å². The summed E-state index contributed by atoms with van der Waals surface area (Å²) < 4.78 is 31.8. The Labute approximate surface area is 265 Å². The van der Waals surface area contributed by atoms with Crippen LogP contribution in [0, 0.1) is 12.7 Å². The minimum atomic E-state index is -0.657. The molecule has 0 radical (unpaired) electrons. The van der Waals surface area contributed by atoms with Crippen LogP contribution in [0.25, 0.3) is 22.3 Å². The van der Waals surface area contributed by atoms with Gasteiger partial charge in [-0.25, -0.2) is 4.39 Å². The number of carbonyl (C=O) groups excluding carboxylic acids is 2. The van der Waals surface area contributed by atoms with Gasteiger partial charge in [-0.1, -0.05) is 41.9 Å². The van der Waals surface area contributed by atoms with Crippen LogP contribution < -0.4 is 15.4 Å². The van der Waals surface area contributed by atoms with Crippen molar-refractivity contribution in [2.75, 3.05) is 39.7 Å². The largest absolute Gasteiger partial charge is 0.496 e. The number of rotatable bonds is 8. The molecule has 2 saturated heterocycles. The number of anilines is 1. The number of carbonyl (C=O) groups is 2. The molecule has 2 amide bonds. The maximum Gasteiger partial charge on any atom is 0.262 e. The third-order valence-electron chi connectivity index (χ3n) is 8.51. The number of benzene rings is 3. The van der Waals surface area contributed by atoms with Gasteiger partial charge in [-0.2, -0.15) is 0 Å². The smallest absolute Gasteiger partial charge is 0.262 e. The second-order valence-electron chi connectivity index (χ2n) is 11.4. The van der Waals surface area contributed by atoms with Crippen molar-refractivity contribution < 1.29 is 33.3 Å². The van der Waals surface area contributed by atoms with Gasteiger partial charge in [-0.05, 0) is 41.8 Å². The van der Waals surface area contributed by atoms with E-state index in [2.05, 4.69) is 10.6 Å². The zero-order valence-electron chi connectivity index (χ0n) is 25.3. The van der Waals surface area contributed by atoms with Crippen LogP contribution in [0.4, 0.5) is 10.1 Å². The Hall–Kier alpha value is -4.00. The Morgan fingerprint density at radius 1 is 1.11 bits per heavy atom. The van der Waals surface area contributed by atoms with Crippen LogP contribution in [0.15, 0.2) is 60.3 Å². The molecule has 0 saturated carbocycles. The highest BCUT2D eigenvalue weighted by molar-refractivity contribution is 6.36. The molecule has 6 rings (SSSR count). The fraction of sp³-hybridized carbons (Fsp3) is 0.333. The van der Waals surface area contributed by atoms with Crippen molar-refractivity contribution in [2.45, 2.75) is 38.1 Å². The number of aliphatic hydroxyl groups excluding tert-OH is 1.